The molecule has 0 amide bonds. The monoisotopic (exact) mass is 420 g/mol. The molecule has 1 aliphatic heterocycles. The Morgan fingerprint density at radius 3 is 2.87 bits per heavy atom. The lowest BCUT2D eigenvalue weighted by atomic mass is 10.2. The van der Waals surface area contributed by atoms with E-state index in [2.05, 4.69) is 51.6 Å². The standard InChI is InChI=1S/C22H24N6OS/c23-17-7-8-27(14-17)12-15-1-6-21-25-26-22(28(21)13-15)19-5-3-16-2-4-18(30-10-9-29)11-20(16)24-19/h1-6,11,13,17,29H,7-10,12,14,23H2. The third-order valence-corrected chi connectivity index (χ3v) is 6.41. The number of likely N-dealkylation sites (tertiary alicyclic amines) is 1. The number of nitrogens with zero attached hydrogens (tertiary/aromatic N) is 5. The molecule has 0 saturated carbocycles. The predicted octanol–water partition coefficient (Wildman–Crippen LogP) is 2.56. The summed E-state index contributed by atoms with van der Waals surface area (Å²) in [5.41, 5.74) is 9.77. The van der Waals surface area contributed by atoms with Crippen molar-refractivity contribution in [3.63, 3.8) is 0 Å². The maximum Gasteiger partial charge on any atom is 0.187 e. The van der Waals surface area contributed by atoms with Crippen LogP contribution in [0.1, 0.15) is 12.0 Å². The fraction of sp³-hybridized carbons (Fsp3) is 0.318. The van der Waals surface area contributed by atoms with E-state index in [9.17, 15) is 0 Å². The van der Waals surface area contributed by atoms with Crippen LogP contribution < -0.4 is 5.73 Å². The molecule has 8 heteroatoms. The van der Waals surface area contributed by atoms with Crippen LogP contribution in [-0.4, -0.2) is 61.1 Å². The maximum atomic E-state index is 9.07. The fourth-order valence-corrected chi connectivity index (χ4v) is 4.63. The normalized spacial score (nSPS) is 17.3. The Bertz CT molecular complexity index is 1190. The van der Waals surface area contributed by atoms with Gasteiger partial charge in [0, 0.05) is 47.9 Å². The second kappa shape index (κ2) is 8.31. The number of rotatable bonds is 6. The Labute approximate surface area is 178 Å². The lowest BCUT2D eigenvalue weighted by molar-refractivity contribution is 0.322. The highest BCUT2D eigenvalue weighted by atomic mass is 32.2. The van der Waals surface area contributed by atoms with Gasteiger partial charge in [-0.3, -0.25) is 9.30 Å². The molecule has 1 unspecified atom stereocenters. The predicted molar refractivity (Wildman–Crippen MR) is 119 cm³/mol. The van der Waals surface area contributed by atoms with Gasteiger partial charge < -0.3 is 10.8 Å². The Morgan fingerprint density at radius 2 is 2.03 bits per heavy atom. The summed E-state index contributed by atoms with van der Waals surface area (Å²) in [7, 11) is 0. The fourth-order valence-electron chi connectivity index (χ4n) is 3.94. The van der Waals surface area contributed by atoms with Crippen LogP contribution in [0.2, 0.25) is 0 Å². The zero-order chi connectivity index (χ0) is 20.5. The van der Waals surface area contributed by atoms with E-state index in [1.165, 1.54) is 5.56 Å². The quantitative estimate of drug-likeness (QED) is 0.463. The van der Waals surface area contributed by atoms with Gasteiger partial charge in [0.2, 0.25) is 0 Å². The summed E-state index contributed by atoms with van der Waals surface area (Å²) in [6, 6.07) is 14.6. The van der Waals surface area contributed by atoms with Crippen LogP contribution in [0.4, 0.5) is 0 Å². The number of aromatic nitrogens is 4. The molecule has 154 valence electrons. The summed E-state index contributed by atoms with van der Waals surface area (Å²) in [4.78, 5) is 8.33. The molecule has 1 aliphatic rings. The van der Waals surface area contributed by atoms with Crippen molar-refractivity contribution in [1.82, 2.24) is 24.5 Å². The van der Waals surface area contributed by atoms with E-state index in [4.69, 9.17) is 15.8 Å². The minimum atomic E-state index is 0.160. The van der Waals surface area contributed by atoms with Gasteiger partial charge in [0.15, 0.2) is 11.5 Å². The number of hydrogen-bond donors (Lipinski definition) is 2. The van der Waals surface area contributed by atoms with Crippen LogP contribution in [0.25, 0.3) is 28.1 Å². The van der Waals surface area contributed by atoms with E-state index in [0.29, 0.717) is 5.75 Å². The highest BCUT2D eigenvalue weighted by Gasteiger charge is 2.19. The third kappa shape index (κ3) is 3.91. The number of benzene rings is 1. The summed E-state index contributed by atoms with van der Waals surface area (Å²) in [5, 5.41) is 18.9. The number of aliphatic hydroxyl groups excluding tert-OH is 1. The number of fused-ring (bicyclic) bond motifs is 2. The molecule has 0 aliphatic carbocycles. The van der Waals surface area contributed by atoms with Gasteiger partial charge in [0.05, 0.1) is 12.1 Å². The molecule has 3 aromatic heterocycles. The maximum absolute atomic E-state index is 9.07. The summed E-state index contributed by atoms with van der Waals surface area (Å²) >= 11 is 1.62. The van der Waals surface area contributed by atoms with Crippen LogP contribution >= 0.6 is 11.8 Å². The number of nitrogens with two attached hydrogens (primary N) is 1. The van der Waals surface area contributed by atoms with Crippen molar-refractivity contribution in [2.45, 2.75) is 23.9 Å². The summed E-state index contributed by atoms with van der Waals surface area (Å²) in [6.07, 6.45) is 3.16. The average molecular weight is 421 g/mol. The SMILES string of the molecule is NC1CCN(Cc2ccc3nnc(-c4ccc5ccc(SCCO)cc5n4)n3c2)C1. The number of aliphatic hydroxyl groups is 1. The molecule has 1 aromatic carbocycles. The Hall–Kier alpha value is -2.52. The van der Waals surface area contributed by atoms with Gasteiger partial charge in [-0.1, -0.05) is 18.2 Å². The molecule has 3 N–H and O–H groups in total. The van der Waals surface area contributed by atoms with Gasteiger partial charge in [-0.25, -0.2) is 4.98 Å². The van der Waals surface area contributed by atoms with E-state index < -0.39 is 0 Å². The van der Waals surface area contributed by atoms with Crippen LogP contribution in [0.5, 0.6) is 0 Å². The number of thioether (sulfide) groups is 1. The van der Waals surface area contributed by atoms with Crippen LogP contribution in [-0.2, 0) is 6.54 Å². The Morgan fingerprint density at radius 1 is 1.13 bits per heavy atom. The van der Waals surface area contributed by atoms with Crippen molar-refractivity contribution < 1.29 is 5.11 Å². The Balaban J connectivity index is 1.48. The van der Waals surface area contributed by atoms with E-state index >= 15 is 0 Å². The first-order valence-corrected chi connectivity index (χ1v) is 11.1. The third-order valence-electron chi connectivity index (χ3n) is 5.43. The summed E-state index contributed by atoms with van der Waals surface area (Å²) < 4.78 is 2.02. The zero-order valence-electron chi connectivity index (χ0n) is 16.6. The van der Waals surface area contributed by atoms with Crippen molar-refractivity contribution in [2.24, 2.45) is 5.73 Å². The van der Waals surface area contributed by atoms with Crippen molar-refractivity contribution in [1.29, 1.82) is 0 Å². The Kier molecular flexibility index (Phi) is 5.39. The highest BCUT2D eigenvalue weighted by molar-refractivity contribution is 7.99. The molecule has 1 saturated heterocycles. The van der Waals surface area contributed by atoms with Crippen molar-refractivity contribution in [2.75, 3.05) is 25.4 Å². The van der Waals surface area contributed by atoms with Gasteiger partial charge in [-0.2, -0.15) is 0 Å². The molecule has 5 rings (SSSR count). The van der Waals surface area contributed by atoms with E-state index in [1.807, 2.05) is 16.5 Å². The van der Waals surface area contributed by atoms with Gasteiger partial charge in [0.25, 0.3) is 0 Å². The van der Waals surface area contributed by atoms with Crippen molar-refractivity contribution in [3.8, 4) is 11.5 Å². The lowest BCUT2D eigenvalue weighted by Crippen LogP contribution is -2.26. The molecule has 7 nitrogen and oxygen atoms in total. The molecule has 1 fully saturated rings. The van der Waals surface area contributed by atoms with Crippen LogP contribution in [0.15, 0.2) is 53.6 Å². The first-order valence-electron chi connectivity index (χ1n) is 10.2. The smallest absolute Gasteiger partial charge is 0.187 e. The van der Waals surface area contributed by atoms with Crippen LogP contribution in [0.3, 0.4) is 0 Å². The first kappa shape index (κ1) is 19.4. The molecular weight excluding hydrogens is 396 g/mol. The van der Waals surface area contributed by atoms with Crippen molar-refractivity contribution in [3.05, 3.63) is 54.2 Å². The van der Waals surface area contributed by atoms with E-state index in [-0.39, 0.29) is 12.6 Å². The second-order valence-electron chi connectivity index (χ2n) is 7.70. The molecule has 0 spiro atoms. The molecule has 1 atom stereocenters. The molecule has 4 aromatic rings. The minimum absolute atomic E-state index is 0.160. The van der Waals surface area contributed by atoms with Gasteiger partial charge in [0.1, 0.15) is 5.69 Å². The topological polar surface area (TPSA) is 92.6 Å². The molecule has 30 heavy (non-hydrogen) atoms. The molecule has 4 heterocycles. The van der Waals surface area contributed by atoms with E-state index in [1.54, 1.807) is 11.8 Å². The number of pyridine rings is 2. The molecule has 0 radical (unpaired) electrons. The lowest BCUT2D eigenvalue weighted by Gasteiger charge is -2.15. The average Bonchev–Trinajstić information content (AvgIpc) is 3.37. The highest BCUT2D eigenvalue weighted by Crippen LogP contribution is 2.25. The largest absolute Gasteiger partial charge is 0.396 e. The van der Waals surface area contributed by atoms with E-state index in [0.717, 1.165) is 59.0 Å². The van der Waals surface area contributed by atoms with Gasteiger partial charge in [-0.05, 0) is 36.2 Å². The van der Waals surface area contributed by atoms with Gasteiger partial charge >= 0.3 is 0 Å². The second-order valence-corrected chi connectivity index (χ2v) is 8.86. The number of hydrogen-bond acceptors (Lipinski definition) is 7. The summed E-state index contributed by atoms with van der Waals surface area (Å²) in [6.45, 7) is 3.01. The van der Waals surface area contributed by atoms with Crippen LogP contribution in [0, 0.1) is 0 Å². The molecule has 0 bridgehead atoms. The van der Waals surface area contributed by atoms with Crippen molar-refractivity contribution >= 4 is 28.3 Å². The van der Waals surface area contributed by atoms with Gasteiger partial charge in [-0.15, -0.1) is 22.0 Å². The zero-order valence-corrected chi connectivity index (χ0v) is 17.4. The summed E-state index contributed by atoms with van der Waals surface area (Å²) in [5.74, 6) is 1.41. The molecular formula is C22H24N6OS. The first-order chi connectivity index (χ1) is 14.7. The minimum Gasteiger partial charge on any atom is -0.396 e.